The molecule has 1 fully saturated rings. The van der Waals surface area contributed by atoms with Crippen LogP contribution in [0.3, 0.4) is 0 Å². The van der Waals surface area contributed by atoms with Gasteiger partial charge in [0.1, 0.15) is 6.04 Å². The highest BCUT2D eigenvalue weighted by Gasteiger charge is 2.36. The Bertz CT molecular complexity index is 323. The SMILES string of the molecule is COC(=O)C(CC(C)C)NC(=O)C1(C)CCNCC1. The van der Waals surface area contributed by atoms with Gasteiger partial charge < -0.3 is 15.4 Å². The minimum Gasteiger partial charge on any atom is -0.467 e. The number of esters is 1. The number of hydrogen-bond acceptors (Lipinski definition) is 4. The Hall–Kier alpha value is -1.10. The molecule has 1 heterocycles. The average molecular weight is 270 g/mol. The molecule has 2 N–H and O–H groups in total. The summed E-state index contributed by atoms with van der Waals surface area (Å²) < 4.78 is 4.77. The van der Waals surface area contributed by atoms with Gasteiger partial charge in [-0.25, -0.2) is 4.79 Å². The van der Waals surface area contributed by atoms with E-state index in [1.165, 1.54) is 7.11 Å². The predicted molar refractivity (Wildman–Crippen MR) is 73.6 cm³/mol. The molecule has 0 aliphatic carbocycles. The molecule has 0 aromatic heterocycles. The van der Waals surface area contributed by atoms with Gasteiger partial charge in [0.2, 0.25) is 5.91 Å². The number of piperidine rings is 1. The van der Waals surface area contributed by atoms with Gasteiger partial charge in [-0.15, -0.1) is 0 Å². The van der Waals surface area contributed by atoms with Gasteiger partial charge in [-0.05, 0) is 38.3 Å². The smallest absolute Gasteiger partial charge is 0.328 e. The van der Waals surface area contributed by atoms with Gasteiger partial charge >= 0.3 is 5.97 Å². The summed E-state index contributed by atoms with van der Waals surface area (Å²) in [5, 5.41) is 6.11. The Morgan fingerprint density at radius 2 is 1.89 bits per heavy atom. The van der Waals surface area contributed by atoms with Crippen LogP contribution in [0.4, 0.5) is 0 Å². The van der Waals surface area contributed by atoms with E-state index in [0.717, 1.165) is 25.9 Å². The third-order valence-corrected chi connectivity index (χ3v) is 3.75. The highest BCUT2D eigenvalue weighted by atomic mass is 16.5. The lowest BCUT2D eigenvalue weighted by Crippen LogP contribution is -2.51. The minimum absolute atomic E-state index is 0.0370. The monoisotopic (exact) mass is 270 g/mol. The number of methoxy groups -OCH3 is 1. The standard InChI is InChI=1S/C14H26N2O3/c1-10(2)9-11(12(17)19-4)16-13(18)14(3)5-7-15-8-6-14/h10-11,15H,5-9H2,1-4H3,(H,16,18). The van der Waals surface area contributed by atoms with Crippen LogP contribution in [0.25, 0.3) is 0 Å². The number of hydrogen-bond donors (Lipinski definition) is 2. The van der Waals surface area contributed by atoms with E-state index >= 15 is 0 Å². The van der Waals surface area contributed by atoms with E-state index in [4.69, 9.17) is 4.74 Å². The minimum atomic E-state index is -0.538. The topological polar surface area (TPSA) is 67.4 Å². The van der Waals surface area contributed by atoms with E-state index in [-0.39, 0.29) is 17.3 Å². The van der Waals surface area contributed by atoms with Crippen molar-refractivity contribution in [3.63, 3.8) is 0 Å². The van der Waals surface area contributed by atoms with Crippen LogP contribution in [0.5, 0.6) is 0 Å². The first-order valence-electron chi connectivity index (χ1n) is 6.98. The lowest BCUT2D eigenvalue weighted by atomic mass is 9.80. The molecule has 1 aliphatic heterocycles. The molecular formula is C14H26N2O3. The molecule has 1 atom stereocenters. The fourth-order valence-corrected chi connectivity index (χ4v) is 2.37. The van der Waals surface area contributed by atoms with Crippen LogP contribution in [0.2, 0.25) is 0 Å². The van der Waals surface area contributed by atoms with Gasteiger partial charge in [-0.3, -0.25) is 4.79 Å². The zero-order valence-corrected chi connectivity index (χ0v) is 12.4. The van der Waals surface area contributed by atoms with Crippen LogP contribution >= 0.6 is 0 Å². The van der Waals surface area contributed by atoms with Crippen molar-refractivity contribution in [3.05, 3.63) is 0 Å². The molecule has 0 bridgehead atoms. The van der Waals surface area contributed by atoms with Crippen molar-refractivity contribution in [2.24, 2.45) is 11.3 Å². The molecule has 0 saturated carbocycles. The van der Waals surface area contributed by atoms with E-state index in [9.17, 15) is 9.59 Å². The first-order valence-corrected chi connectivity index (χ1v) is 6.98. The fourth-order valence-electron chi connectivity index (χ4n) is 2.37. The summed E-state index contributed by atoms with van der Waals surface area (Å²) in [4.78, 5) is 24.1. The highest BCUT2D eigenvalue weighted by Crippen LogP contribution is 2.28. The molecule has 1 unspecified atom stereocenters. The van der Waals surface area contributed by atoms with E-state index < -0.39 is 6.04 Å². The van der Waals surface area contributed by atoms with Gasteiger partial charge in [0.15, 0.2) is 0 Å². The van der Waals surface area contributed by atoms with Crippen LogP contribution in [0.1, 0.15) is 40.0 Å². The van der Waals surface area contributed by atoms with Crippen LogP contribution in [-0.4, -0.2) is 38.1 Å². The molecule has 5 heteroatoms. The quantitative estimate of drug-likeness (QED) is 0.734. The third kappa shape index (κ3) is 4.49. The number of carbonyl (C=O) groups excluding carboxylic acids is 2. The molecule has 0 spiro atoms. The summed E-state index contributed by atoms with van der Waals surface area (Å²) in [6, 6.07) is -0.538. The molecule has 0 radical (unpaired) electrons. The molecule has 1 aliphatic rings. The number of nitrogens with one attached hydrogen (secondary N) is 2. The number of rotatable bonds is 5. The second kappa shape index (κ2) is 6.89. The van der Waals surface area contributed by atoms with E-state index in [0.29, 0.717) is 12.3 Å². The first-order chi connectivity index (χ1) is 8.89. The van der Waals surface area contributed by atoms with Crippen molar-refractivity contribution in [2.45, 2.75) is 46.1 Å². The van der Waals surface area contributed by atoms with E-state index in [2.05, 4.69) is 10.6 Å². The number of carbonyl (C=O) groups is 2. The Morgan fingerprint density at radius 1 is 1.32 bits per heavy atom. The van der Waals surface area contributed by atoms with Gasteiger partial charge in [-0.1, -0.05) is 20.8 Å². The van der Waals surface area contributed by atoms with Crippen LogP contribution in [0, 0.1) is 11.3 Å². The second-order valence-corrected chi connectivity index (χ2v) is 5.99. The normalized spacial score (nSPS) is 19.8. The van der Waals surface area contributed by atoms with Gasteiger partial charge in [0.05, 0.1) is 7.11 Å². The molecule has 110 valence electrons. The molecule has 5 nitrogen and oxygen atoms in total. The number of ether oxygens (including phenoxy) is 1. The predicted octanol–water partition coefficient (Wildman–Crippen LogP) is 1.08. The molecular weight excluding hydrogens is 244 g/mol. The lowest BCUT2D eigenvalue weighted by molar-refractivity contribution is -0.147. The van der Waals surface area contributed by atoms with Gasteiger partial charge in [0.25, 0.3) is 0 Å². The van der Waals surface area contributed by atoms with Crippen molar-refractivity contribution in [3.8, 4) is 0 Å². The van der Waals surface area contributed by atoms with Crippen LogP contribution < -0.4 is 10.6 Å². The molecule has 1 rings (SSSR count). The van der Waals surface area contributed by atoms with Crippen molar-refractivity contribution in [1.82, 2.24) is 10.6 Å². The Labute approximate surface area is 115 Å². The Balaban J connectivity index is 2.66. The second-order valence-electron chi connectivity index (χ2n) is 5.99. The summed E-state index contributed by atoms with van der Waals surface area (Å²) in [5.41, 5.74) is -0.380. The fraction of sp³-hybridized carbons (Fsp3) is 0.857. The van der Waals surface area contributed by atoms with Gasteiger partial charge in [-0.2, -0.15) is 0 Å². The summed E-state index contributed by atoms with van der Waals surface area (Å²) in [7, 11) is 1.36. The lowest BCUT2D eigenvalue weighted by Gasteiger charge is -2.34. The molecule has 1 saturated heterocycles. The maximum absolute atomic E-state index is 12.4. The van der Waals surface area contributed by atoms with E-state index in [1.54, 1.807) is 0 Å². The van der Waals surface area contributed by atoms with Crippen molar-refractivity contribution >= 4 is 11.9 Å². The maximum Gasteiger partial charge on any atom is 0.328 e. The first kappa shape index (κ1) is 16.0. The molecule has 19 heavy (non-hydrogen) atoms. The van der Waals surface area contributed by atoms with E-state index in [1.807, 2.05) is 20.8 Å². The third-order valence-electron chi connectivity index (χ3n) is 3.75. The van der Waals surface area contributed by atoms with Crippen LogP contribution in [-0.2, 0) is 14.3 Å². The zero-order chi connectivity index (χ0) is 14.5. The Kier molecular flexibility index (Phi) is 5.79. The maximum atomic E-state index is 12.4. The average Bonchev–Trinajstić information content (AvgIpc) is 2.37. The largest absolute Gasteiger partial charge is 0.467 e. The van der Waals surface area contributed by atoms with Crippen molar-refractivity contribution in [1.29, 1.82) is 0 Å². The summed E-state index contributed by atoms with van der Waals surface area (Å²) >= 11 is 0. The highest BCUT2D eigenvalue weighted by molar-refractivity contribution is 5.87. The van der Waals surface area contributed by atoms with Gasteiger partial charge in [0, 0.05) is 5.41 Å². The van der Waals surface area contributed by atoms with Crippen molar-refractivity contribution < 1.29 is 14.3 Å². The number of amides is 1. The summed E-state index contributed by atoms with van der Waals surface area (Å²) in [6.45, 7) is 7.70. The summed E-state index contributed by atoms with van der Waals surface area (Å²) in [5.74, 6) is -0.0742. The molecule has 0 aromatic rings. The zero-order valence-electron chi connectivity index (χ0n) is 12.4. The summed E-state index contributed by atoms with van der Waals surface area (Å²) in [6.07, 6.45) is 2.20. The molecule has 1 amide bonds. The van der Waals surface area contributed by atoms with Crippen LogP contribution in [0.15, 0.2) is 0 Å². The molecule has 0 aromatic carbocycles. The van der Waals surface area contributed by atoms with Crippen molar-refractivity contribution in [2.75, 3.05) is 20.2 Å². The Morgan fingerprint density at radius 3 is 2.37 bits per heavy atom.